The van der Waals surface area contributed by atoms with E-state index in [2.05, 4.69) is 38.0 Å². The van der Waals surface area contributed by atoms with Crippen molar-refractivity contribution in [1.82, 2.24) is 14.8 Å². The summed E-state index contributed by atoms with van der Waals surface area (Å²) in [6.07, 6.45) is 3.34. The van der Waals surface area contributed by atoms with Gasteiger partial charge in [0.2, 0.25) is 11.7 Å². The number of aromatic nitrogens is 3. The van der Waals surface area contributed by atoms with Crippen LogP contribution < -0.4 is 5.32 Å². The lowest BCUT2D eigenvalue weighted by molar-refractivity contribution is -0.113. The van der Waals surface area contributed by atoms with Gasteiger partial charge in [0.15, 0.2) is 10.9 Å². The molecular weight excluding hydrogens is 404 g/mol. The summed E-state index contributed by atoms with van der Waals surface area (Å²) >= 11 is 4.69. The van der Waals surface area contributed by atoms with Crippen molar-refractivity contribution in [3.05, 3.63) is 59.8 Å². The first-order valence-electron chi connectivity index (χ1n) is 7.43. The molecule has 0 saturated carbocycles. The van der Waals surface area contributed by atoms with Crippen molar-refractivity contribution in [2.24, 2.45) is 0 Å². The molecule has 1 aromatic carbocycles. The van der Waals surface area contributed by atoms with Crippen LogP contribution in [-0.4, -0.2) is 26.4 Å². The molecule has 0 saturated heterocycles. The maximum atomic E-state index is 12.2. The minimum absolute atomic E-state index is 0.115. The van der Waals surface area contributed by atoms with Gasteiger partial charge in [-0.3, -0.25) is 9.36 Å². The van der Waals surface area contributed by atoms with Crippen LogP contribution in [0.5, 0.6) is 0 Å². The molecule has 2 aromatic heterocycles. The fourth-order valence-corrected chi connectivity index (χ4v) is 3.32. The highest BCUT2D eigenvalue weighted by atomic mass is 79.9. The van der Waals surface area contributed by atoms with Gasteiger partial charge in [-0.1, -0.05) is 39.8 Å². The van der Waals surface area contributed by atoms with Gasteiger partial charge in [-0.05, 0) is 30.3 Å². The average molecular weight is 419 g/mol. The molecule has 2 heterocycles. The van der Waals surface area contributed by atoms with Crippen molar-refractivity contribution >= 4 is 39.3 Å². The Hall–Kier alpha value is -2.32. The number of benzene rings is 1. The highest BCUT2D eigenvalue weighted by Crippen LogP contribution is 2.24. The van der Waals surface area contributed by atoms with Crippen LogP contribution in [0.3, 0.4) is 0 Å². The van der Waals surface area contributed by atoms with Crippen LogP contribution in [0.1, 0.15) is 0 Å². The van der Waals surface area contributed by atoms with Crippen molar-refractivity contribution in [3.8, 4) is 11.6 Å². The second-order valence-electron chi connectivity index (χ2n) is 5.03. The Morgan fingerprint density at radius 1 is 1.36 bits per heavy atom. The molecular formula is C17H15BrN4O2S. The third kappa shape index (κ3) is 4.40. The number of allylic oxidation sites excluding steroid dienone is 1. The summed E-state index contributed by atoms with van der Waals surface area (Å²) in [7, 11) is 0. The van der Waals surface area contributed by atoms with Gasteiger partial charge in [-0.15, -0.1) is 16.8 Å². The molecule has 3 rings (SSSR count). The number of anilines is 1. The van der Waals surface area contributed by atoms with Gasteiger partial charge in [0.25, 0.3) is 0 Å². The molecule has 1 amide bonds. The van der Waals surface area contributed by atoms with Crippen molar-refractivity contribution in [1.29, 1.82) is 0 Å². The van der Waals surface area contributed by atoms with Crippen LogP contribution >= 0.6 is 27.7 Å². The molecule has 0 unspecified atom stereocenters. The standard InChI is InChI=1S/C17H15BrN4O2S/c1-2-8-22-16(14-7-4-9-24-14)20-21-17(22)25-11-15(23)19-13-6-3-5-12(18)10-13/h2-7,9-10H,1,8,11H2,(H,19,23). The Labute approximate surface area is 157 Å². The number of furan rings is 1. The Bertz CT molecular complexity index is 877. The number of rotatable bonds is 7. The molecule has 3 aromatic rings. The van der Waals surface area contributed by atoms with E-state index in [1.807, 2.05) is 34.9 Å². The van der Waals surface area contributed by atoms with Gasteiger partial charge in [0.05, 0.1) is 12.0 Å². The summed E-state index contributed by atoms with van der Waals surface area (Å²) in [6, 6.07) is 11.1. The summed E-state index contributed by atoms with van der Waals surface area (Å²) in [4.78, 5) is 12.2. The van der Waals surface area contributed by atoms with Crippen molar-refractivity contribution < 1.29 is 9.21 Å². The summed E-state index contributed by atoms with van der Waals surface area (Å²) in [5.74, 6) is 1.34. The maximum absolute atomic E-state index is 12.2. The van der Waals surface area contributed by atoms with Crippen molar-refractivity contribution in [2.75, 3.05) is 11.1 Å². The second-order valence-corrected chi connectivity index (χ2v) is 6.89. The second kappa shape index (κ2) is 8.17. The number of hydrogen-bond acceptors (Lipinski definition) is 5. The maximum Gasteiger partial charge on any atom is 0.234 e. The van der Waals surface area contributed by atoms with Crippen LogP contribution in [0, 0.1) is 0 Å². The van der Waals surface area contributed by atoms with E-state index in [1.165, 1.54) is 11.8 Å². The fourth-order valence-electron chi connectivity index (χ4n) is 2.17. The molecule has 6 nitrogen and oxygen atoms in total. The first-order valence-corrected chi connectivity index (χ1v) is 9.21. The lowest BCUT2D eigenvalue weighted by atomic mass is 10.3. The number of halogens is 1. The smallest absolute Gasteiger partial charge is 0.234 e. The van der Waals surface area contributed by atoms with Crippen LogP contribution in [0.15, 0.2) is 69.4 Å². The van der Waals surface area contributed by atoms with Crippen LogP contribution in [0.4, 0.5) is 5.69 Å². The van der Waals surface area contributed by atoms with Crippen LogP contribution in [0.2, 0.25) is 0 Å². The zero-order valence-corrected chi connectivity index (χ0v) is 15.6. The van der Waals surface area contributed by atoms with Crippen LogP contribution in [-0.2, 0) is 11.3 Å². The molecule has 0 atom stereocenters. The largest absolute Gasteiger partial charge is 0.461 e. The van der Waals surface area contributed by atoms with Gasteiger partial charge >= 0.3 is 0 Å². The van der Waals surface area contributed by atoms with Crippen molar-refractivity contribution in [2.45, 2.75) is 11.7 Å². The summed E-state index contributed by atoms with van der Waals surface area (Å²) in [6.45, 7) is 4.28. The zero-order valence-electron chi connectivity index (χ0n) is 13.2. The Balaban J connectivity index is 1.68. The third-order valence-corrected chi connectivity index (χ3v) is 4.67. The summed E-state index contributed by atoms with van der Waals surface area (Å²) in [5, 5.41) is 11.8. The number of carbonyl (C=O) groups excluding carboxylic acids is 1. The van der Waals surface area contributed by atoms with Gasteiger partial charge in [0, 0.05) is 16.7 Å². The first kappa shape index (κ1) is 17.5. The molecule has 0 radical (unpaired) electrons. The van der Waals surface area contributed by atoms with E-state index >= 15 is 0 Å². The first-order chi connectivity index (χ1) is 12.2. The van der Waals surface area contributed by atoms with Gasteiger partial charge in [0.1, 0.15) is 0 Å². The van der Waals surface area contributed by atoms with E-state index in [0.717, 1.165) is 10.2 Å². The molecule has 0 bridgehead atoms. The van der Waals surface area contributed by atoms with Crippen LogP contribution in [0.25, 0.3) is 11.6 Å². The van der Waals surface area contributed by atoms with E-state index in [-0.39, 0.29) is 11.7 Å². The molecule has 128 valence electrons. The Morgan fingerprint density at radius 3 is 2.96 bits per heavy atom. The summed E-state index contributed by atoms with van der Waals surface area (Å²) in [5.41, 5.74) is 0.740. The highest BCUT2D eigenvalue weighted by molar-refractivity contribution is 9.10. The van der Waals surface area contributed by atoms with E-state index in [1.54, 1.807) is 18.4 Å². The molecule has 0 aliphatic rings. The minimum Gasteiger partial charge on any atom is -0.461 e. The quantitative estimate of drug-likeness (QED) is 0.459. The topological polar surface area (TPSA) is 73.0 Å². The SMILES string of the molecule is C=CCn1c(SCC(=O)Nc2cccc(Br)c2)nnc1-c1ccco1. The highest BCUT2D eigenvalue weighted by Gasteiger charge is 2.16. The monoisotopic (exact) mass is 418 g/mol. The molecule has 25 heavy (non-hydrogen) atoms. The van der Waals surface area contributed by atoms with E-state index < -0.39 is 0 Å². The van der Waals surface area contributed by atoms with E-state index in [0.29, 0.717) is 23.3 Å². The van der Waals surface area contributed by atoms with Gasteiger partial charge in [-0.2, -0.15) is 0 Å². The number of hydrogen-bond donors (Lipinski definition) is 1. The number of nitrogens with zero attached hydrogens (tertiary/aromatic N) is 3. The molecule has 0 aliphatic heterocycles. The molecule has 8 heteroatoms. The van der Waals surface area contributed by atoms with Gasteiger partial charge in [-0.25, -0.2) is 0 Å². The van der Waals surface area contributed by atoms with Crippen molar-refractivity contribution in [3.63, 3.8) is 0 Å². The number of thioether (sulfide) groups is 1. The Morgan fingerprint density at radius 2 is 2.24 bits per heavy atom. The normalized spacial score (nSPS) is 10.6. The average Bonchev–Trinajstić information content (AvgIpc) is 3.23. The van der Waals surface area contributed by atoms with E-state index in [9.17, 15) is 4.79 Å². The predicted octanol–water partition coefficient (Wildman–Crippen LogP) is 4.22. The predicted molar refractivity (Wildman–Crippen MR) is 101 cm³/mol. The third-order valence-electron chi connectivity index (χ3n) is 3.21. The number of carbonyl (C=O) groups is 1. The zero-order chi connectivity index (χ0) is 17.6. The lowest BCUT2D eigenvalue weighted by Gasteiger charge is -2.07. The molecule has 0 spiro atoms. The molecule has 0 fully saturated rings. The minimum atomic E-state index is -0.115. The summed E-state index contributed by atoms with van der Waals surface area (Å²) < 4.78 is 8.16. The molecule has 1 N–H and O–H groups in total. The number of nitrogens with one attached hydrogen (secondary N) is 1. The molecule has 0 aliphatic carbocycles. The van der Waals surface area contributed by atoms with Gasteiger partial charge < -0.3 is 9.73 Å². The van der Waals surface area contributed by atoms with E-state index in [4.69, 9.17) is 4.42 Å². The lowest BCUT2D eigenvalue weighted by Crippen LogP contribution is -2.14. The fraction of sp³-hybridized carbons (Fsp3) is 0.118. The Kier molecular flexibility index (Phi) is 5.72. The number of amides is 1.